The molecule has 0 bridgehead atoms. The Morgan fingerprint density at radius 2 is 1.77 bits per heavy atom. The van der Waals surface area contributed by atoms with Crippen LogP contribution >= 0.6 is 0 Å². The summed E-state index contributed by atoms with van der Waals surface area (Å²) in [6.45, 7) is 0. The summed E-state index contributed by atoms with van der Waals surface area (Å²) in [7, 11) is 1.40. The van der Waals surface area contributed by atoms with Gasteiger partial charge in [-0.15, -0.1) is 0 Å². The molecule has 0 unspecified atom stereocenters. The highest BCUT2D eigenvalue weighted by Crippen LogP contribution is 2.17. The molecule has 0 aliphatic heterocycles. The predicted molar refractivity (Wildman–Crippen MR) is 94.1 cm³/mol. The van der Waals surface area contributed by atoms with Crippen LogP contribution in [0.2, 0.25) is 0 Å². The number of nitrogens with two attached hydrogens (primary N) is 1. The number of non-ortho nitro benzene ring substituents is 1. The number of nitro groups is 1. The molecule has 2 aromatic carbocycles. The zero-order valence-corrected chi connectivity index (χ0v) is 14.1. The van der Waals surface area contributed by atoms with Gasteiger partial charge in [-0.1, -0.05) is 42.5 Å². The van der Waals surface area contributed by atoms with E-state index < -0.39 is 28.9 Å². The van der Waals surface area contributed by atoms with Crippen molar-refractivity contribution in [1.29, 1.82) is 0 Å². The number of primary amides is 1. The summed E-state index contributed by atoms with van der Waals surface area (Å²) in [6.07, 6.45) is -0.764. The van der Waals surface area contributed by atoms with Crippen LogP contribution in [0, 0.1) is 10.1 Å². The molecule has 0 saturated carbocycles. The minimum absolute atomic E-state index is 0.0584. The van der Waals surface area contributed by atoms with Crippen molar-refractivity contribution in [3.8, 4) is 0 Å². The van der Waals surface area contributed by atoms with E-state index in [0.717, 1.165) is 0 Å². The quantitative estimate of drug-likeness (QED) is 0.547. The Hall–Kier alpha value is -3.26. The van der Waals surface area contributed by atoms with Crippen molar-refractivity contribution >= 4 is 17.5 Å². The molecule has 0 aliphatic rings. The van der Waals surface area contributed by atoms with Gasteiger partial charge in [0.1, 0.15) is 6.04 Å². The number of nitrogens with one attached hydrogen (secondary N) is 1. The second-order valence-corrected chi connectivity index (χ2v) is 5.62. The first-order valence-electron chi connectivity index (χ1n) is 7.83. The van der Waals surface area contributed by atoms with E-state index in [-0.39, 0.29) is 12.1 Å². The fourth-order valence-corrected chi connectivity index (χ4v) is 2.48. The topological polar surface area (TPSA) is 125 Å². The average Bonchev–Trinajstić information content (AvgIpc) is 2.63. The molecular weight excluding hydrogens is 338 g/mol. The van der Waals surface area contributed by atoms with Crippen LogP contribution in [0.15, 0.2) is 54.6 Å². The van der Waals surface area contributed by atoms with E-state index in [1.54, 1.807) is 24.3 Å². The fourth-order valence-electron chi connectivity index (χ4n) is 2.48. The zero-order valence-electron chi connectivity index (χ0n) is 14.1. The lowest BCUT2D eigenvalue weighted by Gasteiger charge is -2.20. The molecular formula is C18H19N3O5. The van der Waals surface area contributed by atoms with Crippen molar-refractivity contribution in [2.75, 3.05) is 7.11 Å². The number of nitrogens with zero attached hydrogens (tertiary/aromatic N) is 1. The molecule has 3 N–H and O–H groups in total. The summed E-state index contributed by atoms with van der Waals surface area (Å²) in [5.41, 5.74) is 6.61. The minimum Gasteiger partial charge on any atom is -0.368 e. The Kier molecular flexibility index (Phi) is 6.40. The van der Waals surface area contributed by atoms with Crippen LogP contribution in [0.25, 0.3) is 0 Å². The second kappa shape index (κ2) is 8.72. The molecule has 136 valence electrons. The van der Waals surface area contributed by atoms with Crippen LogP contribution in [-0.2, 0) is 20.7 Å². The number of carbonyl (C=O) groups excluding carboxylic acids is 2. The van der Waals surface area contributed by atoms with Crippen LogP contribution in [0.3, 0.4) is 0 Å². The Bertz CT molecular complexity index is 777. The normalized spacial score (nSPS) is 12.8. The Morgan fingerprint density at radius 3 is 2.27 bits per heavy atom. The largest absolute Gasteiger partial charge is 0.368 e. The monoisotopic (exact) mass is 357 g/mol. The molecule has 8 heteroatoms. The maximum Gasteiger partial charge on any atom is 0.269 e. The van der Waals surface area contributed by atoms with Gasteiger partial charge in [0.25, 0.3) is 11.6 Å². The van der Waals surface area contributed by atoms with Crippen LogP contribution < -0.4 is 11.1 Å². The van der Waals surface area contributed by atoms with Gasteiger partial charge in [-0.3, -0.25) is 19.7 Å². The predicted octanol–water partition coefficient (Wildman–Crippen LogP) is 1.50. The van der Waals surface area contributed by atoms with E-state index in [1.165, 1.54) is 31.4 Å². The molecule has 0 saturated heterocycles. The first kappa shape index (κ1) is 19.1. The molecule has 8 nitrogen and oxygen atoms in total. The van der Waals surface area contributed by atoms with Gasteiger partial charge in [-0.05, 0) is 11.1 Å². The van der Waals surface area contributed by atoms with Crippen molar-refractivity contribution in [2.45, 2.75) is 18.6 Å². The SMILES string of the molecule is CO[C@H](C(=O)N[C@H](Cc1ccc([N+](=O)[O-])cc1)C(N)=O)c1ccccc1. The number of methoxy groups -OCH3 is 1. The van der Waals surface area contributed by atoms with Gasteiger partial charge in [0.15, 0.2) is 6.10 Å². The number of nitro benzene ring substituents is 1. The van der Waals surface area contributed by atoms with Crippen LogP contribution in [-0.4, -0.2) is 29.9 Å². The molecule has 2 aromatic rings. The van der Waals surface area contributed by atoms with E-state index >= 15 is 0 Å². The average molecular weight is 357 g/mol. The van der Waals surface area contributed by atoms with Crippen molar-refractivity contribution in [3.63, 3.8) is 0 Å². The fraction of sp³-hybridized carbons (Fsp3) is 0.222. The van der Waals surface area contributed by atoms with E-state index in [2.05, 4.69) is 5.32 Å². The molecule has 0 aliphatic carbocycles. The summed E-state index contributed by atoms with van der Waals surface area (Å²) < 4.78 is 5.23. The van der Waals surface area contributed by atoms with Crippen molar-refractivity contribution < 1.29 is 19.2 Å². The van der Waals surface area contributed by atoms with Gasteiger partial charge in [0.05, 0.1) is 4.92 Å². The lowest BCUT2D eigenvalue weighted by molar-refractivity contribution is -0.384. The summed E-state index contributed by atoms with van der Waals surface area (Å²) in [5.74, 6) is -1.20. The Morgan fingerprint density at radius 1 is 1.15 bits per heavy atom. The number of benzene rings is 2. The maximum atomic E-state index is 12.5. The zero-order chi connectivity index (χ0) is 19.1. The lowest BCUT2D eigenvalue weighted by atomic mass is 10.0. The van der Waals surface area contributed by atoms with Crippen LogP contribution in [0.5, 0.6) is 0 Å². The molecule has 2 rings (SSSR count). The molecule has 0 fully saturated rings. The van der Waals surface area contributed by atoms with E-state index in [4.69, 9.17) is 10.5 Å². The van der Waals surface area contributed by atoms with Gasteiger partial charge in [0.2, 0.25) is 5.91 Å². The number of ether oxygens (including phenoxy) is 1. The smallest absolute Gasteiger partial charge is 0.269 e. The molecule has 0 heterocycles. The number of carbonyl (C=O) groups is 2. The highest BCUT2D eigenvalue weighted by Gasteiger charge is 2.25. The number of hydrogen-bond acceptors (Lipinski definition) is 5. The van der Waals surface area contributed by atoms with Crippen LogP contribution in [0.1, 0.15) is 17.2 Å². The highest BCUT2D eigenvalue weighted by molar-refractivity contribution is 5.89. The number of rotatable bonds is 8. The standard InChI is InChI=1S/C18H19N3O5/c1-26-16(13-5-3-2-4-6-13)18(23)20-15(17(19)22)11-12-7-9-14(10-8-12)21(24)25/h2-10,15-16H,11H2,1H3,(H2,19,22)(H,20,23)/t15-,16+/m1/s1. The molecule has 0 radical (unpaired) electrons. The molecule has 0 aromatic heterocycles. The molecule has 2 amide bonds. The Labute approximate surface area is 150 Å². The first-order valence-corrected chi connectivity index (χ1v) is 7.83. The summed E-state index contributed by atoms with van der Waals surface area (Å²) in [5, 5.41) is 13.3. The summed E-state index contributed by atoms with van der Waals surface area (Å²) in [4.78, 5) is 34.4. The van der Waals surface area contributed by atoms with Gasteiger partial charge in [-0.25, -0.2) is 0 Å². The minimum atomic E-state index is -0.967. The van der Waals surface area contributed by atoms with Gasteiger partial charge in [-0.2, -0.15) is 0 Å². The highest BCUT2D eigenvalue weighted by atomic mass is 16.6. The molecule has 2 atom stereocenters. The van der Waals surface area contributed by atoms with Crippen molar-refractivity contribution in [2.24, 2.45) is 5.73 Å². The van der Waals surface area contributed by atoms with Gasteiger partial charge < -0.3 is 15.8 Å². The molecule has 26 heavy (non-hydrogen) atoms. The number of amides is 2. The lowest BCUT2D eigenvalue weighted by Crippen LogP contribution is -2.47. The summed E-state index contributed by atoms with van der Waals surface area (Å²) >= 11 is 0. The van der Waals surface area contributed by atoms with Gasteiger partial charge >= 0.3 is 0 Å². The van der Waals surface area contributed by atoms with Crippen LogP contribution in [0.4, 0.5) is 5.69 Å². The van der Waals surface area contributed by atoms with Gasteiger partial charge in [0, 0.05) is 25.7 Å². The Balaban J connectivity index is 2.10. The third-order valence-electron chi connectivity index (χ3n) is 3.82. The number of hydrogen-bond donors (Lipinski definition) is 2. The second-order valence-electron chi connectivity index (χ2n) is 5.62. The van der Waals surface area contributed by atoms with E-state index in [1.807, 2.05) is 6.07 Å². The third kappa shape index (κ3) is 4.87. The molecule has 0 spiro atoms. The van der Waals surface area contributed by atoms with E-state index in [9.17, 15) is 19.7 Å². The summed E-state index contributed by atoms with van der Waals surface area (Å²) in [6, 6.07) is 13.6. The van der Waals surface area contributed by atoms with E-state index in [0.29, 0.717) is 11.1 Å². The van der Waals surface area contributed by atoms with Crippen molar-refractivity contribution in [3.05, 3.63) is 75.8 Å². The third-order valence-corrected chi connectivity index (χ3v) is 3.82. The first-order chi connectivity index (χ1) is 12.4. The maximum absolute atomic E-state index is 12.5. The van der Waals surface area contributed by atoms with Crippen molar-refractivity contribution in [1.82, 2.24) is 5.32 Å².